The molecule has 2 aromatic rings. The number of methoxy groups -OCH3 is 2. The van der Waals surface area contributed by atoms with E-state index in [1.54, 1.807) is 90.9 Å². The molecular formula is C30H36I2O8+2. The maximum atomic E-state index is 10.8. The molecule has 0 fully saturated rings. The molecule has 0 aliphatic heterocycles. The van der Waals surface area contributed by atoms with Gasteiger partial charge in [0.05, 0.1) is 14.2 Å². The van der Waals surface area contributed by atoms with E-state index >= 15 is 0 Å². The van der Waals surface area contributed by atoms with Crippen molar-refractivity contribution in [1.82, 2.24) is 0 Å². The lowest BCUT2D eigenvalue weighted by Gasteiger charge is -2.09. The number of carbonyl (C=O) groups excluding carboxylic acids is 4. The Morgan fingerprint density at radius 3 is 1.62 bits per heavy atom. The maximum Gasteiger partial charge on any atom is 0.343 e. The van der Waals surface area contributed by atoms with Gasteiger partial charge in [-0.3, -0.25) is 18.4 Å². The number of hydrogen-bond acceptors (Lipinski definition) is 6. The average molecular weight is 778 g/mol. The van der Waals surface area contributed by atoms with Crippen LogP contribution in [0, 0.1) is 6.92 Å². The SMILES string of the molecule is COc1ccc([O-])c(C)c1.COc1ccc([O-])cc1.C[O+]=C1C=CC(=O)C(C)=C1.C[O+]=C1C=CC(=O)C=C1.[IH2+].[IH2+]. The van der Waals surface area contributed by atoms with Gasteiger partial charge in [-0.25, -0.2) is 0 Å². The van der Waals surface area contributed by atoms with Crippen LogP contribution in [-0.4, -0.2) is 51.6 Å². The molecule has 0 atom stereocenters. The van der Waals surface area contributed by atoms with Crippen molar-refractivity contribution in [3.63, 3.8) is 0 Å². The molecular weight excluding hydrogens is 742 g/mol. The molecule has 0 bridgehead atoms. The molecule has 216 valence electrons. The molecule has 0 N–H and O–H groups in total. The highest BCUT2D eigenvalue weighted by Crippen LogP contribution is 2.18. The Labute approximate surface area is 269 Å². The van der Waals surface area contributed by atoms with E-state index in [1.165, 1.54) is 36.4 Å². The van der Waals surface area contributed by atoms with Crippen LogP contribution in [-0.2, 0) is 18.4 Å². The lowest BCUT2D eigenvalue weighted by atomic mass is 10.1. The van der Waals surface area contributed by atoms with Crippen LogP contribution in [0.25, 0.3) is 0 Å². The number of rotatable bonds is 2. The number of benzene rings is 2. The third-order valence-electron chi connectivity index (χ3n) is 4.88. The number of carbonyl (C=O) groups is 2. The molecule has 0 amide bonds. The van der Waals surface area contributed by atoms with Crippen molar-refractivity contribution in [1.29, 1.82) is 0 Å². The molecule has 0 heterocycles. The highest BCUT2D eigenvalue weighted by Gasteiger charge is 2.12. The van der Waals surface area contributed by atoms with Gasteiger partial charge in [0.1, 0.15) is 11.5 Å². The van der Waals surface area contributed by atoms with E-state index in [9.17, 15) is 19.8 Å². The minimum absolute atomic E-state index is 0. The van der Waals surface area contributed by atoms with Crippen molar-refractivity contribution in [2.24, 2.45) is 0 Å². The van der Waals surface area contributed by atoms with E-state index in [-0.39, 0.29) is 71.0 Å². The van der Waals surface area contributed by atoms with Crippen LogP contribution in [0.4, 0.5) is 0 Å². The van der Waals surface area contributed by atoms with Crippen LogP contribution in [0.3, 0.4) is 0 Å². The first-order valence-electron chi connectivity index (χ1n) is 11.4. The first-order valence-corrected chi connectivity index (χ1v) is 11.4. The molecule has 4 rings (SSSR count). The van der Waals surface area contributed by atoms with Crippen LogP contribution in [0.15, 0.2) is 90.6 Å². The zero-order chi connectivity index (χ0) is 28.5. The van der Waals surface area contributed by atoms with Crippen LogP contribution < -0.4 is 67.6 Å². The topological polar surface area (TPSA) is 121 Å². The number of allylic oxidation sites excluding steroid dienone is 8. The molecule has 2 aliphatic carbocycles. The Morgan fingerprint density at radius 1 is 0.675 bits per heavy atom. The second-order valence-corrected chi connectivity index (χ2v) is 7.61. The van der Waals surface area contributed by atoms with Crippen molar-refractivity contribution in [2.45, 2.75) is 13.8 Å². The molecule has 2 aromatic carbocycles. The standard InChI is InChI=1S/C8H10O2.C8H9O2.C7H8O2.C7H7O2.2H2I/c2*1-6-5-7(10-2)3-4-8(6)9;2*1-9-7-4-2-6(8)3-5-7;;/h3-5,9H,1-2H3;3-5H,1-2H3;2-5,8H,1H3;2-5H,1H3;2*1H2/q;+1;;3*+1/p-2. The van der Waals surface area contributed by atoms with Crippen LogP contribution in [0.5, 0.6) is 23.0 Å². The van der Waals surface area contributed by atoms with Gasteiger partial charge in [0.25, 0.3) is 14.2 Å². The Kier molecular flexibility index (Phi) is 20.9. The van der Waals surface area contributed by atoms with Crippen molar-refractivity contribution in [3.8, 4) is 23.0 Å². The smallest absolute Gasteiger partial charge is 0.343 e. The molecule has 40 heavy (non-hydrogen) atoms. The van der Waals surface area contributed by atoms with Gasteiger partial charge in [0, 0.05) is 29.9 Å². The van der Waals surface area contributed by atoms with E-state index in [0.717, 1.165) is 34.2 Å². The fourth-order valence-electron chi connectivity index (χ4n) is 2.65. The van der Waals surface area contributed by atoms with Gasteiger partial charge in [-0.2, -0.15) is 0 Å². The molecule has 8 nitrogen and oxygen atoms in total. The van der Waals surface area contributed by atoms with E-state index in [2.05, 4.69) is 0 Å². The fraction of sp³-hybridized carbons (Fsp3) is 0.200. The monoisotopic (exact) mass is 778 g/mol. The lowest BCUT2D eigenvalue weighted by Crippen LogP contribution is -3.00. The van der Waals surface area contributed by atoms with Gasteiger partial charge < -0.3 is 19.7 Å². The van der Waals surface area contributed by atoms with Gasteiger partial charge in [-0.05, 0) is 56.3 Å². The first-order chi connectivity index (χ1) is 18.1. The molecule has 0 spiro atoms. The van der Waals surface area contributed by atoms with E-state index in [0.29, 0.717) is 0 Å². The summed E-state index contributed by atoms with van der Waals surface area (Å²) in [7, 11) is 6.30. The van der Waals surface area contributed by atoms with Crippen molar-refractivity contribution < 1.29 is 86.1 Å². The van der Waals surface area contributed by atoms with Crippen LogP contribution in [0.1, 0.15) is 12.5 Å². The fourth-order valence-corrected chi connectivity index (χ4v) is 2.65. The summed E-state index contributed by atoms with van der Waals surface area (Å²) in [4.78, 5) is 21.3. The van der Waals surface area contributed by atoms with Gasteiger partial charge in [-0.15, -0.1) is 11.5 Å². The minimum atomic E-state index is 0. The lowest BCUT2D eigenvalue weighted by molar-refractivity contribution is -0.418. The molecule has 0 saturated carbocycles. The average Bonchev–Trinajstić information content (AvgIpc) is 2.94. The first kappa shape index (κ1) is 38.9. The Balaban J connectivity index is 0. The quantitative estimate of drug-likeness (QED) is 0.174. The molecule has 0 aromatic heterocycles. The predicted octanol–water partition coefficient (Wildman–Crippen LogP) is -3.99. The summed E-state index contributed by atoms with van der Waals surface area (Å²) in [5.74, 6) is 3.03. The summed E-state index contributed by atoms with van der Waals surface area (Å²) in [5.41, 5.74) is 1.44. The summed E-state index contributed by atoms with van der Waals surface area (Å²) in [5, 5.41) is 21.3. The van der Waals surface area contributed by atoms with Gasteiger partial charge in [0.2, 0.25) is 48.0 Å². The molecule has 2 aliphatic rings. The van der Waals surface area contributed by atoms with E-state index in [1.807, 2.05) is 0 Å². The van der Waals surface area contributed by atoms with Crippen molar-refractivity contribution in [2.75, 3.05) is 28.4 Å². The summed E-state index contributed by atoms with van der Waals surface area (Å²) in [6, 6.07) is 11.1. The Bertz CT molecular complexity index is 1250. The van der Waals surface area contributed by atoms with E-state index < -0.39 is 0 Å². The summed E-state index contributed by atoms with van der Waals surface area (Å²) >= 11 is 0. The zero-order valence-electron chi connectivity index (χ0n) is 23.2. The highest BCUT2D eigenvalue weighted by atomic mass is 127. The minimum Gasteiger partial charge on any atom is -0.872 e. The zero-order valence-corrected chi connectivity index (χ0v) is 28.3. The molecule has 10 heteroatoms. The van der Waals surface area contributed by atoms with E-state index in [4.69, 9.17) is 18.3 Å². The summed E-state index contributed by atoms with van der Waals surface area (Å²) in [6.45, 7) is 3.54. The summed E-state index contributed by atoms with van der Waals surface area (Å²) in [6.07, 6.45) is 11.1. The third kappa shape index (κ3) is 15.4. The van der Waals surface area contributed by atoms with Gasteiger partial charge in [0.15, 0.2) is 11.6 Å². The second kappa shape index (κ2) is 21.5. The van der Waals surface area contributed by atoms with Gasteiger partial charge in [-0.1, -0.05) is 23.8 Å². The number of ether oxygens (including phenoxy) is 2. The maximum absolute atomic E-state index is 10.8. The van der Waals surface area contributed by atoms with Crippen LogP contribution in [0.2, 0.25) is 0 Å². The van der Waals surface area contributed by atoms with Crippen molar-refractivity contribution >= 4 is 23.1 Å². The molecule has 0 radical (unpaired) electrons. The second-order valence-electron chi connectivity index (χ2n) is 7.61. The predicted molar refractivity (Wildman–Crippen MR) is 148 cm³/mol. The molecule has 0 saturated heterocycles. The van der Waals surface area contributed by atoms with Gasteiger partial charge >= 0.3 is 11.6 Å². The number of halogens is 2. The largest absolute Gasteiger partial charge is 0.872 e. The normalized spacial score (nSPS) is 13.5. The Hall–Kier alpha value is -3.26. The number of ketones is 4. The van der Waals surface area contributed by atoms with Crippen molar-refractivity contribution in [3.05, 3.63) is 96.1 Å². The Morgan fingerprint density at radius 2 is 1.18 bits per heavy atom. The highest BCUT2D eigenvalue weighted by molar-refractivity contribution is 6.17. The van der Waals surface area contributed by atoms with Crippen LogP contribution >= 0.6 is 0 Å². The number of hydrogen-bond donors (Lipinski definition) is 0. The summed E-state index contributed by atoms with van der Waals surface area (Å²) < 4.78 is 19.5. The third-order valence-corrected chi connectivity index (χ3v) is 4.88. The number of aryl methyl sites for hydroxylation is 1. The molecule has 0 unspecified atom stereocenters.